The van der Waals surface area contributed by atoms with Gasteiger partial charge in [-0.25, -0.2) is 0 Å². The number of carbonyl (C=O) groups excluding carboxylic acids is 1. The minimum Gasteiger partial charge on any atom is -0.329 e. The molecule has 1 aliphatic rings. The highest BCUT2D eigenvalue weighted by Gasteiger charge is 2.28. The van der Waals surface area contributed by atoms with E-state index in [4.69, 9.17) is 5.73 Å². The number of hydrogen-bond donors (Lipinski definition) is 2. The van der Waals surface area contributed by atoms with E-state index in [9.17, 15) is 4.79 Å². The highest BCUT2D eigenvalue weighted by atomic mass is 16.2. The molecular formula is C17H27N3O. The van der Waals surface area contributed by atoms with Crippen LogP contribution in [0.4, 0.5) is 5.69 Å². The first kappa shape index (κ1) is 16.0. The first-order valence-electron chi connectivity index (χ1n) is 8.04. The largest absolute Gasteiger partial charge is 0.329 e. The van der Waals surface area contributed by atoms with Crippen LogP contribution < -0.4 is 11.1 Å². The quantitative estimate of drug-likeness (QED) is 0.846. The molecule has 0 saturated heterocycles. The molecule has 1 unspecified atom stereocenters. The fourth-order valence-corrected chi connectivity index (χ4v) is 3.17. The Hall–Kier alpha value is -1.39. The van der Waals surface area contributed by atoms with Crippen molar-refractivity contribution in [2.24, 2.45) is 5.73 Å². The second-order valence-electron chi connectivity index (χ2n) is 5.85. The van der Waals surface area contributed by atoms with Gasteiger partial charge in [0.2, 0.25) is 5.91 Å². The van der Waals surface area contributed by atoms with Crippen LogP contribution in [0.5, 0.6) is 0 Å². The van der Waals surface area contributed by atoms with Gasteiger partial charge in [0.05, 0.1) is 6.04 Å². The van der Waals surface area contributed by atoms with Gasteiger partial charge >= 0.3 is 0 Å². The summed E-state index contributed by atoms with van der Waals surface area (Å²) in [7, 11) is 0. The maximum atomic E-state index is 12.5. The third kappa shape index (κ3) is 4.55. The number of carbonyl (C=O) groups is 1. The molecule has 2 rings (SSSR count). The average Bonchev–Trinajstić information content (AvgIpc) is 2.53. The summed E-state index contributed by atoms with van der Waals surface area (Å²) in [6.07, 6.45) is 6.21. The molecule has 21 heavy (non-hydrogen) atoms. The summed E-state index contributed by atoms with van der Waals surface area (Å²) in [6, 6.07) is 9.99. The number of para-hydroxylation sites is 1. The molecule has 0 radical (unpaired) electrons. The zero-order chi connectivity index (χ0) is 15.1. The summed E-state index contributed by atoms with van der Waals surface area (Å²) >= 11 is 0. The number of nitrogens with one attached hydrogen (secondary N) is 1. The Kier molecular flexibility index (Phi) is 6.21. The lowest BCUT2D eigenvalue weighted by Crippen LogP contribution is -2.50. The molecule has 1 amide bonds. The van der Waals surface area contributed by atoms with Crippen molar-refractivity contribution in [2.45, 2.75) is 51.1 Å². The second kappa shape index (κ2) is 8.15. The number of anilines is 1. The maximum Gasteiger partial charge on any atom is 0.241 e. The van der Waals surface area contributed by atoms with Crippen LogP contribution in [0, 0.1) is 0 Å². The van der Waals surface area contributed by atoms with Crippen molar-refractivity contribution < 1.29 is 4.79 Å². The second-order valence-corrected chi connectivity index (χ2v) is 5.85. The average molecular weight is 289 g/mol. The number of hydrogen-bond acceptors (Lipinski definition) is 3. The van der Waals surface area contributed by atoms with Crippen LogP contribution in [0.2, 0.25) is 0 Å². The molecule has 0 spiro atoms. The van der Waals surface area contributed by atoms with Crippen molar-refractivity contribution in [1.82, 2.24) is 4.90 Å². The van der Waals surface area contributed by atoms with Gasteiger partial charge < -0.3 is 11.1 Å². The smallest absolute Gasteiger partial charge is 0.241 e. The summed E-state index contributed by atoms with van der Waals surface area (Å²) < 4.78 is 0. The Balaban J connectivity index is 1.99. The van der Waals surface area contributed by atoms with E-state index in [0.717, 1.165) is 12.2 Å². The number of nitrogens with two attached hydrogens (primary N) is 1. The van der Waals surface area contributed by atoms with Crippen molar-refractivity contribution in [3.05, 3.63) is 30.3 Å². The fraction of sp³-hybridized carbons (Fsp3) is 0.588. The lowest BCUT2D eigenvalue weighted by Gasteiger charge is -2.37. The third-order valence-corrected chi connectivity index (χ3v) is 4.35. The van der Waals surface area contributed by atoms with E-state index >= 15 is 0 Å². The summed E-state index contributed by atoms with van der Waals surface area (Å²) in [6.45, 7) is 3.37. The van der Waals surface area contributed by atoms with E-state index in [0.29, 0.717) is 12.6 Å². The normalized spacial score (nSPS) is 17.7. The van der Waals surface area contributed by atoms with Gasteiger partial charge in [0.1, 0.15) is 0 Å². The molecule has 1 aromatic carbocycles. The standard InChI is InChI=1S/C17H27N3O/c1-14(17(21)19-15-8-4-2-5-9-15)20(13-12-18)16-10-6-3-7-11-16/h2,4-5,8-9,14,16H,3,6-7,10-13,18H2,1H3,(H,19,21). The zero-order valence-corrected chi connectivity index (χ0v) is 12.9. The van der Waals surface area contributed by atoms with Crippen LogP contribution in [0.25, 0.3) is 0 Å². The summed E-state index contributed by atoms with van der Waals surface area (Å²) in [5, 5.41) is 3.00. The van der Waals surface area contributed by atoms with E-state index in [-0.39, 0.29) is 11.9 Å². The molecule has 1 saturated carbocycles. The minimum absolute atomic E-state index is 0.0558. The first-order chi connectivity index (χ1) is 10.2. The van der Waals surface area contributed by atoms with Gasteiger partial charge in [0.25, 0.3) is 0 Å². The molecule has 0 aromatic heterocycles. The molecule has 0 bridgehead atoms. The highest BCUT2D eigenvalue weighted by molar-refractivity contribution is 5.94. The van der Waals surface area contributed by atoms with Gasteiger partial charge in [-0.2, -0.15) is 0 Å². The molecule has 116 valence electrons. The third-order valence-electron chi connectivity index (χ3n) is 4.35. The summed E-state index contributed by atoms with van der Waals surface area (Å²) in [5.41, 5.74) is 6.61. The monoisotopic (exact) mass is 289 g/mol. The molecular weight excluding hydrogens is 262 g/mol. The fourth-order valence-electron chi connectivity index (χ4n) is 3.17. The number of nitrogens with zero attached hydrogens (tertiary/aromatic N) is 1. The summed E-state index contributed by atoms with van der Waals surface area (Å²) in [5.74, 6) is 0.0558. The SMILES string of the molecule is CC(C(=O)Nc1ccccc1)N(CCN)C1CCCCC1. The Bertz CT molecular complexity index is 429. The van der Waals surface area contributed by atoms with Gasteiger partial charge in [-0.3, -0.25) is 9.69 Å². The van der Waals surface area contributed by atoms with Gasteiger partial charge in [0, 0.05) is 24.8 Å². The van der Waals surface area contributed by atoms with E-state index in [1.54, 1.807) is 0 Å². The molecule has 3 N–H and O–H groups in total. The van der Waals surface area contributed by atoms with Crippen molar-refractivity contribution in [2.75, 3.05) is 18.4 Å². The van der Waals surface area contributed by atoms with Gasteiger partial charge in [-0.1, -0.05) is 37.5 Å². The minimum atomic E-state index is -0.142. The van der Waals surface area contributed by atoms with Crippen LogP contribution >= 0.6 is 0 Å². The van der Waals surface area contributed by atoms with E-state index in [2.05, 4.69) is 10.2 Å². The van der Waals surface area contributed by atoms with Crippen LogP contribution in [-0.2, 0) is 4.79 Å². The molecule has 1 atom stereocenters. The lowest BCUT2D eigenvalue weighted by atomic mass is 9.93. The van der Waals surface area contributed by atoms with E-state index in [1.807, 2.05) is 37.3 Å². The Morgan fingerprint density at radius 3 is 2.57 bits per heavy atom. The highest BCUT2D eigenvalue weighted by Crippen LogP contribution is 2.24. The molecule has 0 aliphatic heterocycles. The van der Waals surface area contributed by atoms with E-state index < -0.39 is 0 Å². The Labute approximate surface area is 127 Å². The number of amides is 1. The molecule has 1 aromatic rings. The van der Waals surface area contributed by atoms with Crippen molar-refractivity contribution in [3.8, 4) is 0 Å². The molecule has 4 nitrogen and oxygen atoms in total. The van der Waals surface area contributed by atoms with Crippen LogP contribution in [0.3, 0.4) is 0 Å². The topological polar surface area (TPSA) is 58.4 Å². The van der Waals surface area contributed by atoms with Crippen molar-refractivity contribution in [3.63, 3.8) is 0 Å². The molecule has 0 heterocycles. The van der Waals surface area contributed by atoms with Gasteiger partial charge in [0.15, 0.2) is 0 Å². The van der Waals surface area contributed by atoms with Gasteiger partial charge in [-0.05, 0) is 31.9 Å². The maximum absolute atomic E-state index is 12.5. The predicted molar refractivity (Wildman–Crippen MR) is 87.2 cm³/mol. The number of rotatable bonds is 6. The first-order valence-corrected chi connectivity index (χ1v) is 8.04. The molecule has 1 fully saturated rings. The Morgan fingerprint density at radius 1 is 1.29 bits per heavy atom. The van der Waals surface area contributed by atoms with Crippen molar-refractivity contribution in [1.29, 1.82) is 0 Å². The summed E-state index contributed by atoms with van der Waals surface area (Å²) in [4.78, 5) is 14.8. The lowest BCUT2D eigenvalue weighted by molar-refractivity contribution is -0.121. The molecule has 1 aliphatic carbocycles. The van der Waals surface area contributed by atoms with Crippen LogP contribution in [-0.4, -0.2) is 36.0 Å². The zero-order valence-electron chi connectivity index (χ0n) is 12.9. The van der Waals surface area contributed by atoms with Gasteiger partial charge in [-0.15, -0.1) is 0 Å². The number of benzene rings is 1. The van der Waals surface area contributed by atoms with Crippen LogP contribution in [0.15, 0.2) is 30.3 Å². The predicted octanol–water partition coefficient (Wildman–Crippen LogP) is 2.61. The molecule has 4 heteroatoms. The van der Waals surface area contributed by atoms with Crippen LogP contribution in [0.1, 0.15) is 39.0 Å². The van der Waals surface area contributed by atoms with E-state index in [1.165, 1.54) is 32.1 Å². The van der Waals surface area contributed by atoms with Crippen molar-refractivity contribution >= 4 is 11.6 Å². The Morgan fingerprint density at radius 2 is 1.95 bits per heavy atom.